The van der Waals surface area contributed by atoms with E-state index >= 15 is 0 Å². The highest BCUT2D eigenvalue weighted by Crippen LogP contribution is 2.39. The molecule has 0 aliphatic carbocycles. The zero-order valence-corrected chi connectivity index (χ0v) is 22.0. The van der Waals surface area contributed by atoms with Crippen molar-refractivity contribution in [2.45, 2.75) is 93.3 Å². The summed E-state index contributed by atoms with van der Waals surface area (Å²) in [5, 5.41) is 10.5. The minimum Gasteiger partial charge on any atom is -0.380 e. The molecule has 0 saturated carbocycles. The van der Waals surface area contributed by atoms with E-state index in [0.29, 0.717) is 30.9 Å². The second-order valence-electron chi connectivity index (χ2n) is 7.59. The molecule has 1 N–H and O–H groups in total. The lowest BCUT2D eigenvalue weighted by atomic mass is 10.1. The summed E-state index contributed by atoms with van der Waals surface area (Å²) in [5.74, 6) is 0. The second kappa shape index (κ2) is 13.6. The van der Waals surface area contributed by atoms with E-state index in [1.54, 1.807) is 18.7 Å². The van der Waals surface area contributed by atoms with Crippen LogP contribution < -0.4 is 0 Å². The summed E-state index contributed by atoms with van der Waals surface area (Å²) < 4.78 is 29.6. The Labute approximate surface area is 205 Å². The monoisotopic (exact) mass is 532 g/mol. The molecule has 1 aromatic carbocycles. The molecule has 3 atom stereocenters. The molecule has 0 amide bonds. The average molecular weight is 534 g/mol. The molecule has 0 spiro atoms. The number of carbonyl (C=O) groups is 1. The number of rotatable bonds is 9. The molecule has 10 heteroatoms. The van der Waals surface area contributed by atoms with Gasteiger partial charge in [0.2, 0.25) is 0 Å². The fourth-order valence-corrected chi connectivity index (χ4v) is 6.68. The van der Waals surface area contributed by atoms with E-state index < -0.39 is 21.2 Å². The van der Waals surface area contributed by atoms with E-state index in [9.17, 15) is 18.3 Å². The molecule has 0 radical (unpaired) electrons. The summed E-state index contributed by atoms with van der Waals surface area (Å²) in [7, 11) is -4.04. The van der Waals surface area contributed by atoms with E-state index in [2.05, 4.69) is 6.92 Å². The molecular weight excluding hydrogens is 503 g/mol. The SMILES string of the molecule is CCC(CCCC=O)OS(=O)(=O)c1cc(Cl)c(Cl)cc1Cl.CCC1CCCC(C)(O)S1. The van der Waals surface area contributed by atoms with Gasteiger partial charge in [0.05, 0.1) is 21.2 Å². The Morgan fingerprint density at radius 3 is 2.42 bits per heavy atom. The number of aliphatic hydroxyl groups is 1. The first kappa shape index (κ1) is 29.0. The van der Waals surface area contributed by atoms with Crippen LogP contribution >= 0.6 is 46.6 Å². The Balaban J connectivity index is 0.000000399. The lowest BCUT2D eigenvalue weighted by molar-refractivity contribution is -0.108. The van der Waals surface area contributed by atoms with Crippen LogP contribution in [-0.4, -0.2) is 36.1 Å². The summed E-state index contributed by atoms with van der Waals surface area (Å²) in [6.07, 6.45) is 6.81. The number of halogens is 3. The molecule has 0 aromatic heterocycles. The lowest BCUT2D eigenvalue weighted by Crippen LogP contribution is -2.27. The highest BCUT2D eigenvalue weighted by atomic mass is 35.5. The maximum absolute atomic E-state index is 12.2. The first-order valence-electron chi connectivity index (χ1n) is 10.4. The average Bonchev–Trinajstić information content (AvgIpc) is 2.69. The van der Waals surface area contributed by atoms with Crippen molar-refractivity contribution in [3.05, 3.63) is 27.2 Å². The molecule has 178 valence electrons. The topological polar surface area (TPSA) is 80.7 Å². The molecule has 1 aliphatic heterocycles. The highest BCUT2D eigenvalue weighted by Gasteiger charge is 2.29. The van der Waals surface area contributed by atoms with Crippen LogP contribution in [0.5, 0.6) is 0 Å². The van der Waals surface area contributed by atoms with Crippen LogP contribution in [-0.2, 0) is 19.1 Å². The van der Waals surface area contributed by atoms with Gasteiger partial charge in [0.1, 0.15) is 16.1 Å². The van der Waals surface area contributed by atoms with Gasteiger partial charge >= 0.3 is 0 Å². The molecule has 2 rings (SSSR count). The van der Waals surface area contributed by atoms with Crippen molar-refractivity contribution in [1.82, 2.24) is 0 Å². The number of unbranched alkanes of at least 4 members (excludes halogenated alkanes) is 1. The fraction of sp³-hybridized carbons (Fsp3) is 0.667. The quantitative estimate of drug-likeness (QED) is 0.161. The van der Waals surface area contributed by atoms with E-state index in [1.807, 2.05) is 6.92 Å². The Morgan fingerprint density at radius 2 is 1.90 bits per heavy atom. The maximum Gasteiger partial charge on any atom is 0.298 e. The van der Waals surface area contributed by atoms with Gasteiger partial charge in [0, 0.05) is 11.7 Å². The largest absolute Gasteiger partial charge is 0.380 e. The molecule has 5 nitrogen and oxygen atoms in total. The van der Waals surface area contributed by atoms with Gasteiger partial charge in [-0.15, -0.1) is 11.8 Å². The van der Waals surface area contributed by atoms with Gasteiger partial charge in [0.15, 0.2) is 0 Å². The Bertz CT molecular complexity index is 815. The molecule has 3 unspecified atom stereocenters. The van der Waals surface area contributed by atoms with Crippen LogP contribution in [0.1, 0.15) is 72.1 Å². The van der Waals surface area contributed by atoms with E-state index in [0.717, 1.165) is 12.7 Å². The normalized spacial score (nSPS) is 22.4. The number of carbonyl (C=O) groups excluding carboxylic acids is 1. The number of hydrogen-bond donors (Lipinski definition) is 1. The predicted molar refractivity (Wildman–Crippen MR) is 130 cm³/mol. The van der Waals surface area contributed by atoms with Gasteiger partial charge in [-0.05, 0) is 64.0 Å². The zero-order valence-electron chi connectivity index (χ0n) is 18.1. The smallest absolute Gasteiger partial charge is 0.298 e. The van der Waals surface area contributed by atoms with Crippen molar-refractivity contribution in [2.75, 3.05) is 0 Å². The van der Waals surface area contributed by atoms with Crippen LogP contribution in [0.2, 0.25) is 15.1 Å². The summed E-state index contributed by atoms with van der Waals surface area (Å²) in [5.41, 5.74) is 0. The Hall–Kier alpha value is -0.0200. The third-order valence-corrected chi connectivity index (χ3v) is 9.02. The zero-order chi connectivity index (χ0) is 23.7. The van der Waals surface area contributed by atoms with Crippen molar-refractivity contribution >= 4 is 63.0 Å². The summed E-state index contributed by atoms with van der Waals surface area (Å²) in [6.45, 7) is 5.93. The summed E-state index contributed by atoms with van der Waals surface area (Å²) >= 11 is 19.2. The van der Waals surface area contributed by atoms with Crippen molar-refractivity contribution in [3.63, 3.8) is 0 Å². The van der Waals surface area contributed by atoms with E-state index in [-0.39, 0.29) is 20.0 Å². The van der Waals surface area contributed by atoms with Crippen molar-refractivity contribution in [3.8, 4) is 0 Å². The van der Waals surface area contributed by atoms with Crippen molar-refractivity contribution in [2.24, 2.45) is 0 Å². The molecule has 0 bridgehead atoms. The number of hydrogen-bond acceptors (Lipinski definition) is 6. The van der Waals surface area contributed by atoms with Gasteiger partial charge in [-0.1, -0.05) is 48.7 Å². The van der Waals surface area contributed by atoms with Gasteiger partial charge in [-0.3, -0.25) is 4.18 Å². The molecule has 1 saturated heterocycles. The first-order valence-corrected chi connectivity index (χ1v) is 13.8. The van der Waals surface area contributed by atoms with Crippen LogP contribution in [0.4, 0.5) is 0 Å². The van der Waals surface area contributed by atoms with Gasteiger partial charge < -0.3 is 9.90 Å². The van der Waals surface area contributed by atoms with Gasteiger partial charge in [-0.2, -0.15) is 8.42 Å². The maximum atomic E-state index is 12.2. The van der Waals surface area contributed by atoms with Crippen LogP contribution in [0.3, 0.4) is 0 Å². The molecule has 1 heterocycles. The van der Waals surface area contributed by atoms with E-state index in [4.69, 9.17) is 39.0 Å². The van der Waals surface area contributed by atoms with E-state index in [1.165, 1.54) is 31.4 Å². The third kappa shape index (κ3) is 10.2. The van der Waals surface area contributed by atoms with Crippen LogP contribution in [0, 0.1) is 0 Å². The summed E-state index contributed by atoms with van der Waals surface area (Å²) in [4.78, 5) is 9.64. The fourth-order valence-electron chi connectivity index (χ4n) is 3.10. The minimum atomic E-state index is -4.04. The number of aldehydes is 1. The minimum absolute atomic E-state index is 0.0489. The molecular formula is C21H31Cl3O5S2. The first-order chi connectivity index (χ1) is 14.5. The van der Waals surface area contributed by atoms with Crippen LogP contribution in [0.25, 0.3) is 0 Å². The van der Waals surface area contributed by atoms with Gasteiger partial charge in [0.25, 0.3) is 10.1 Å². The number of benzene rings is 1. The lowest BCUT2D eigenvalue weighted by Gasteiger charge is -2.32. The molecule has 31 heavy (non-hydrogen) atoms. The molecule has 1 fully saturated rings. The molecule has 1 aromatic rings. The van der Waals surface area contributed by atoms with Crippen molar-refractivity contribution < 1.29 is 22.5 Å². The van der Waals surface area contributed by atoms with Crippen molar-refractivity contribution in [1.29, 1.82) is 0 Å². The van der Waals surface area contributed by atoms with Crippen LogP contribution in [0.15, 0.2) is 17.0 Å². The number of thioether (sulfide) groups is 1. The van der Waals surface area contributed by atoms with Gasteiger partial charge in [-0.25, -0.2) is 0 Å². The highest BCUT2D eigenvalue weighted by molar-refractivity contribution is 8.01. The summed E-state index contributed by atoms with van der Waals surface area (Å²) in [6, 6.07) is 2.43. The Morgan fingerprint density at radius 1 is 1.26 bits per heavy atom. The third-order valence-electron chi connectivity index (χ3n) is 4.85. The second-order valence-corrected chi connectivity index (χ2v) is 12.1. The predicted octanol–water partition coefficient (Wildman–Crippen LogP) is 6.89. The Kier molecular flexibility index (Phi) is 12.8. The molecule has 1 aliphatic rings. The standard InChI is InChI=1S/C13H15Cl3O4S.C8H16OS/c1-2-9(5-3-4-6-17)20-21(18,19)13-8-11(15)10(14)7-12(13)16;1-3-7-5-4-6-8(2,9)10-7/h6-9H,2-5H2,1H3;7,9H,3-6H2,1-2H3.